The minimum absolute atomic E-state index is 0.0439. The van der Waals surface area contributed by atoms with Gasteiger partial charge in [0.15, 0.2) is 11.5 Å². The third-order valence-corrected chi connectivity index (χ3v) is 6.50. The highest BCUT2D eigenvalue weighted by Crippen LogP contribution is 2.30. The lowest BCUT2D eigenvalue weighted by Crippen LogP contribution is -2.36. The van der Waals surface area contributed by atoms with Crippen LogP contribution < -0.4 is 9.47 Å². The lowest BCUT2D eigenvalue weighted by molar-refractivity contribution is 0.0510. The molecule has 6 nitrogen and oxygen atoms in total. The maximum absolute atomic E-state index is 13.3. The predicted octanol–water partition coefficient (Wildman–Crippen LogP) is 4.86. The molecule has 0 spiro atoms. The van der Waals surface area contributed by atoms with Crippen LogP contribution in [0.15, 0.2) is 54.0 Å². The first-order chi connectivity index (χ1) is 15.6. The number of nitrogens with zero attached hydrogens (tertiary/aromatic N) is 2. The third-order valence-electron chi connectivity index (χ3n) is 5.49. The summed E-state index contributed by atoms with van der Waals surface area (Å²) in [6.45, 7) is 4.16. The van der Waals surface area contributed by atoms with Crippen molar-refractivity contribution >= 4 is 17.2 Å². The van der Waals surface area contributed by atoms with E-state index in [0.717, 1.165) is 41.1 Å². The molecule has 2 aromatic heterocycles. The second-order valence-corrected chi connectivity index (χ2v) is 8.76. The van der Waals surface area contributed by atoms with Crippen molar-refractivity contribution in [3.05, 3.63) is 75.7 Å². The minimum atomic E-state index is 0.0439. The van der Waals surface area contributed by atoms with Gasteiger partial charge in [-0.2, -0.15) is 0 Å². The normalized spacial score (nSPS) is 15.5. The fourth-order valence-corrected chi connectivity index (χ4v) is 4.67. The van der Waals surface area contributed by atoms with E-state index < -0.39 is 0 Å². The van der Waals surface area contributed by atoms with E-state index in [0.29, 0.717) is 31.2 Å². The number of pyridine rings is 1. The molecule has 1 saturated heterocycles. The Hall–Kier alpha value is -2.90. The zero-order valence-corrected chi connectivity index (χ0v) is 19.3. The molecule has 1 aliphatic rings. The maximum atomic E-state index is 13.3. The molecular formula is C25H28N2O4S. The summed E-state index contributed by atoms with van der Waals surface area (Å²) in [7, 11) is 1.62. The second kappa shape index (κ2) is 10.6. The smallest absolute Gasteiger partial charge is 0.264 e. The molecule has 1 unspecified atom stereocenters. The van der Waals surface area contributed by atoms with Gasteiger partial charge in [0.1, 0.15) is 6.61 Å². The van der Waals surface area contributed by atoms with Crippen molar-refractivity contribution in [2.45, 2.75) is 39.0 Å². The summed E-state index contributed by atoms with van der Waals surface area (Å²) >= 11 is 1.49. The molecular weight excluding hydrogens is 424 g/mol. The number of amides is 1. The number of methoxy groups -OCH3 is 1. The van der Waals surface area contributed by atoms with Crippen molar-refractivity contribution in [1.29, 1.82) is 0 Å². The van der Waals surface area contributed by atoms with Crippen molar-refractivity contribution in [3.63, 3.8) is 0 Å². The van der Waals surface area contributed by atoms with Gasteiger partial charge in [0.2, 0.25) is 0 Å². The number of hydrogen-bond donors (Lipinski definition) is 0. The van der Waals surface area contributed by atoms with Gasteiger partial charge in [-0.1, -0.05) is 12.1 Å². The van der Waals surface area contributed by atoms with Gasteiger partial charge in [-0.15, -0.1) is 11.3 Å². The van der Waals surface area contributed by atoms with E-state index >= 15 is 0 Å². The molecule has 0 radical (unpaired) electrons. The van der Waals surface area contributed by atoms with Crippen molar-refractivity contribution < 1.29 is 19.0 Å². The average molecular weight is 453 g/mol. The highest BCUT2D eigenvalue weighted by molar-refractivity contribution is 7.12. The lowest BCUT2D eigenvalue weighted by atomic mass is 10.1. The van der Waals surface area contributed by atoms with E-state index in [4.69, 9.17) is 14.2 Å². The Balaban J connectivity index is 1.50. The molecule has 1 fully saturated rings. The molecule has 1 amide bonds. The Bertz CT molecular complexity index is 1030. The van der Waals surface area contributed by atoms with Crippen molar-refractivity contribution in [1.82, 2.24) is 9.88 Å². The Morgan fingerprint density at radius 1 is 1.25 bits per heavy atom. The van der Waals surface area contributed by atoms with Crippen LogP contribution in [0.25, 0.3) is 0 Å². The van der Waals surface area contributed by atoms with Crippen molar-refractivity contribution in [2.24, 2.45) is 0 Å². The SMILES string of the molecule is COc1cc(CN(CC2CCCO2)C(=O)c2sccc2C)ccc1OCc1ccccn1. The number of carbonyl (C=O) groups is 1. The van der Waals surface area contributed by atoms with Crippen LogP contribution in [0, 0.1) is 6.92 Å². The van der Waals surface area contributed by atoms with Crippen LogP contribution in [0.2, 0.25) is 0 Å². The van der Waals surface area contributed by atoms with E-state index in [1.54, 1.807) is 13.3 Å². The molecule has 0 saturated carbocycles. The van der Waals surface area contributed by atoms with Crippen LogP contribution in [0.3, 0.4) is 0 Å². The van der Waals surface area contributed by atoms with E-state index in [1.807, 2.05) is 59.7 Å². The number of ether oxygens (including phenoxy) is 3. The van der Waals surface area contributed by atoms with Gasteiger partial charge in [-0.3, -0.25) is 9.78 Å². The van der Waals surface area contributed by atoms with Crippen molar-refractivity contribution in [3.8, 4) is 11.5 Å². The fourth-order valence-electron chi connectivity index (χ4n) is 3.77. The summed E-state index contributed by atoms with van der Waals surface area (Å²) in [6.07, 6.45) is 3.85. The molecule has 1 atom stereocenters. The molecule has 32 heavy (non-hydrogen) atoms. The molecule has 7 heteroatoms. The van der Waals surface area contributed by atoms with E-state index in [2.05, 4.69) is 4.98 Å². The molecule has 3 aromatic rings. The van der Waals surface area contributed by atoms with Gasteiger partial charge >= 0.3 is 0 Å². The summed E-state index contributed by atoms with van der Waals surface area (Å²) in [5.41, 5.74) is 2.83. The first-order valence-corrected chi connectivity index (χ1v) is 11.7. The first kappa shape index (κ1) is 22.3. The number of thiophene rings is 1. The number of hydrogen-bond acceptors (Lipinski definition) is 6. The Morgan fingerprint density at radius 2 is 2.16 bits per heavy atom. The number of aromatic nitrogens is 1. The molecule has 0 aliphatic carbocycles. The summed E-state index contributed by atoms with van der Waals surface area (Å²) in [6, 6.07) is 13.5. The summed E-state index contributed by atoms with van der Waals surface area (Å²) < 4.78 is 17.3. The van der Waals surface area contributed by atoms with Crippen LogP contribution in [-0.4, -0.2) is 42.2 Å². The summed E-state index contributed by atoms with van der Waals surface area (Å²) in [5.74, 6) is 1.32. The third kappa shape index (κ3) is 5.47. The highest BCUT2D eigenvalue weighted by atomic mass is 32.1. The Morgan fingerprint density at radius 3 is 2.84 bits per heavy atom. The van der Waals surface area contributed by atoms with Crippen LogP contribution in [0.5, 0.6) is 11.5 Å². The first-order valence-electron chi connectivity index (χ1n) is 10.8. The highest BCUT2D eigenvalue weighted by Gasteiger charge is 2.25. The molecule has 1 aromatic carbocycles. The van der Waals surface area contributed by atoms with Gasteiger partial charge in [0.25, 0.3) is 5.91 Å². The topological polar surface area (TPSA) is 60.9 Å². The predicted molar refractivity (Wildman–Crippen MR) is 124 cm³/mol. The molecule has 4 rings (SSSR count). The van der Waals surface area contributed by atoms with Crippen LogP contribution in [0.1, 0.15) is 39.3 Å². The number of carbonyl (C=O) groups excluding carboxylic acids is 1. The quantitative estimate of drug-likeness (QED) is 0.464. The molecule has 3 heterocycles. The molecule has 0 N–H and O–H groups in total. The van der Waals surface area contributed by atoms with Gasteiger partial charge < -0.3 is 19.1 Å². The number of rotatable bonds is 9. The molecule has 1 aliphatic heterocycles. The van der Waals surface area contributed by atoms with Gasteiger partial charge in [-0.05, 0) is 66.6 Å². The zero-order valence-electron chi connectivity index (χ0n) is 18.5. The van der Waals surface area contributed by atoms with E-state index in [9.17, 15) is 4.79 Å². The summed E-state index contributed by atoms with van der Waals surface area (Å²) in [4.78, 5) is 20.3. The largest absolute Gasteiger partial charge is 0.493 e. The van der Waals surface area contributed by atoms with Gasteiger partial charge in [0, 0.05) is 25.9 Å². The zero-order chi connectivity index (χ0) is 22.3. The average Bonchev–Trinajstić information content (AvgIpc) is 3.49. The minimum Gasteiger partial charge on any atom is -0.493 e. The van der Waals surface area contributed by atoms with Gasteiger partial charge in [-0.25, -0.2) is 0 Å². The Kier molecular flexibility index (Phi) is 7.39. The van der Waals surface area contributed by atoms with E-state index in [1.165, 1.54) is 11.3 Å². The Labute approximate surface area is 192 Å². The van der Waals surface area contributed by atoms with E-state index in [-0.39, 0.29) is 12.0 Å². The van der Waals surface area contributed by atoms with Crippen LogP contribution >= 0.6 is 11.3 Å². The second-order valence-electron chi connectivity index (χ2n) is 7.85. The van der Waals surface area contributed by atoms with Crippen molar-refractivity contribution in [2.75, 3.05) is 20.3 Å². The van der Waals surface area contributed by atoms with Crippen LogP contribution in [-0.2, 0) is 17.9 Å². The van der Waals surface area contributed by atoms with Crippen LogP contribution in [0.4, 0.5) is 0 Å². The fraction of sp³-hybridized carbons (Fsp3) is 0.360. The lowest BCUT2D eigenvalue weighted by Gasteiger charge is -2.26. The number of benzene rings is 1. The van der Waals surface area contributed by atoms with Gasteiger partial charge in [0.05, 0.1) is 23.8 Å². The molecule has 0 bridgehead atoms. The maximum Gasteiger partial charge on any atom is 0.264 e. The summed E-state index contributed by atoms with van der Waals surface area (Å²) in [5, 5.41) is 1.96. The standard InChI is InChI=1S/C25H28N2O4S/c1-18-10-13-32-24(18)25(28)27(16-21-7-5-12-30-21)15-19-8-9-22(23(14-19)29-2)31-17-20-6-3-4-11-26-20/h3-4,6,8-11,13-14,21H,5,7,12,15-17H2,1-2H3. The monoisotopic (exact) mass is 452 g/mol. The molecule has 168 valence electrons. The number of aryl methyl sites for hydroxylation is 1.